The molecule has 0 saturated carbocycles. The van der Waals surface area contributed by atoms with Gasteiger partial charge in [0.05, 0.1) is 12.6 Å². The highest BCUT2D eigenvalue weighted by molar-refractivity contribution is 7.99. The third kappa shape index (κ3) is 5.98. The molecule has 0 saturated heterocycles. The predicted molar refractivity (Wildman–Crippen MR) is 71.1 cm³/mol. The lowest BCUT2D eigenvalue weighted by Crippen LogP contribution is -2.27. The first-order chi connectivity index (χ1) is 8.74. The van der Waals surface area contributed by atoms with Crippen molar-refractivity contribution in [1.82, 2.24) is 25.5 Å². The van der Waals surface area contributed by atoms with Gasteiger partial charge in [-0.25, -0.2) is 4.68 Å². The van der Waals surface area contributed by atoms with Crippen LogP contribution in [0.5, 0.6) is 0 Å². The topological polar surface area (TPSA) is 79.4 Å². The molecule has 100 valence electrons. The van der Waals surface area contributed by atoms with Crippen LogP contribution < -0.4 is 5.32 Å². The van der Waals surface area contributed by atoms with Gasteiger partial charge in [0.25, 0.3) is 0 Å². The van der Waals surface area contributed by atoms with Gasteiger partial charge in [-0.05, 0) is 23.3 Å². The van der Waals surface area contributed by atoms with Crippen LogP contribution in [0.25, 0.3) is 0 Å². The average Bonchev–Trinajstić information content (AvgIpc) is 2.76. The first-order valence-corrected chi connectivity index (χ1v) is 7.22. The molecule has 1 rings (SSSR count). The average molecular weight is 268 g/mol. The summed E-state index contributed by atoms with van der Waals surface area (Å²) in [6, 6.07) is 2.62. The van der Waals surface area contributed by atoms with Gasteiger partial charge in [0, 0.05) is 24.8 Å². The summed E-state index contributed by atoms with van der Waals surface area (Å²) in [4.78, 5) is 0. The Bertz CT molecular complexity index is 370. The number of nitriles is 1. The van der Waals surface area contributed by atoms with Crippen LogP contribution in [0.1, 0.15) is 33.1 Å². The Balaban J connectivity index is 2.24. The zero-order valence-electron chi connectivity index (χ0n) is 11.0. The van der Waals surface area contributed by atoms with Crippen LogP contribution in [0.4, 0.5) is 0 Å². The molecule has 0 radical (unpaired) electrons. The Hall–Kier alpha value is -1.13. The Labute approximate surface area is 112 Å². The number of tetrazole rings is 1. The normalized spacial score (nSPS) is 10.8. The van der Waals surface area contributed by atoms with E-state index in [1.807, 2.05) is 4.68 Å². The third-order valence-corrected chi connectivity index (χ3v) is 3.33. The fourth-order valence-electron chi connectivity index (χ4n) is 1.37. The van der Waals surface area contributed by atoms with Crippen LogP contribution in [0.2, 0.25) is 0 Å². The third-order valence-electron chi connectivity index (χ3n) is 2.29. The molecule has 1 aromatic heterocycles. The van der Waals surface area contributed by atoms with E-state index in [1.165, 1.54) is 0 Å². The Morgan fingerprint density at radius 3 is 3.00 bits per heavy atom. The second kappa shape index (κ2) is 8.89. The van der Waals surface area contributed by atoms with E-state index < -0.39 is 0 Å². The van der Waals surface area contributed by atoms with Gasteiger partial charge in [-0.15, -0.1) is 5.10 Å². The number of aromatic nitrogens is 4. The van der Waals surface area contributed by atoms with Gasteiger partial charge in [0.15, 0.2) is 0 Å². The largest absolute Gasteiger partial charge is 0.313 e. The maximum atomic E-state index is 8.44. The van der Waals surface area contributed by atoms with Crippen LogP contribution in [0.15, 0.2) is 5.16 Å². The molecule has 0 unspecified atom stereocenters. The molecule has 7 heteroatoms. The van der Waals surface area contributed by atoms with Gasteiger partial charge >= 0.3 is 0 Å². The van der Waals surface area contributed by atoms with Crippen LogP contribution in [0, 0.1) is 11.3 Å². The van der Waals surface area contributed by atoms with Gasteiger partial charge in [0.1, 0.15) is 0 Å². The van der Waals surface area contributed by atoms with E-state index in [2.05, 4.69) is 40.8 Å². The summed E-state index contributed by atoms with van der Waals surface area (Å²) in [6.45, 7) is 5.88. The van der Waals surface area contributed by atoms with Crippen molar-refractivity contribution in [2.24, 2.45) is 0 Å². The number of nitrogens with zero attached hydrogens (tertiary/aromatic N) is 5. The molecule has 0 fully saturated rings. The molecule has 0 atom stereocenters. The van der Waals surface area contributed by atoms with Crippen LogP contribution >= 0.6 is 11.8 Å². The van der Waals surface area contributed by atoms with Crippen LogP contribution in [0.3, 0.4) is 0 Å². The highest BCUT2D eigenvalue weighted by Gasteiger charge is 2.06. The minimum atomic E-state index is 0.476. The summed E-state index contributed by atoms with van der Waals surface area (Å²) in [5.74, 6) is 0.958. The number of rotatable bonds is 9. The van der Waals surface area contributed by atoms with E-state index >= 15 is 0 Å². The van der Waals surface area contributed by atoms with Crippen molar-refractivity contribution < 1.29 is 0 Å². The fraction of sp³-hybridized carbons (Fsp3) is 0.818. The highest BCUT2D eigenvalue weighted by atomic mass is 32.2. The molecule has 0 amide bonds. The minimum absolute atomic E-state index is 0.476. The Morgan fingerprint density at radius 1 is 1.44 bits per heavy atom. The van der Waals surface area contributed by atoms with Crippen molar-refractivity contribution in [3.63, 3.8) is 0 Å². The first kappa shape index (κ1) is 14.9. The molecular weight excluding hydrogens is 248 g/mol. The zero-order valence-corrected chi connectivity index (χ0v) is 11.8. The molecule has 1 aromatic rings. The molecule has 6 nitrogen and oxygen atoms in total. The molecular formula is C11H20N6S. The summed E-state index contributed by atoms with van der Waals surface area (Å²) in [5.41, 5.74) is 0. The predicted octanol–water partition coefficient (Wildman–Crippen LogP) is 1.46. The SMILES string of the molecule is CC(C)NCCn1nnnc1SCCCCC#N. The number of hydrogen-bond donors (Lipinski definition) is 1. The van der Waals surface area contributed by atoms with E-state index in [9.17, 15) is 0 Å². The van der Waals surface area contributed by atoms with E-state index in [1.54, 1.807) is 11.8 Å². The lowest BCUT2D eigenvalue weighted by atomic mass is 10.3. The zero-order chi connectivity index (χ0) is 13.2. The summed E-state index contributed by atoms with van der Waals surface area (Å²) in [6.07, 6.45) is 2.60. The maximum absolute atomic E-state index is 8.44. The van der Waals surface area contributed by atoms with E-state index in [0.29, 0.717) is 12.5 Å². The highest BCUT2D eigenvalue weighted by Crippen LogP contribution is 2.15. The Morgan fingerprint density at radius 2 is 2.28 bits per heavy atom. The smallest absolute Gasteiger partial charge is 0.209 e. The Kier molecular flexibility index (Phi) is 7.37. The molecule has 0 spiro atoms. The summed E-state index contributed by atoms with van der Waals surface area (Å²) in [7, 11) is 0. The molecule has 0 aromatic carbocycles. The minimum Gasteiger partial charge on any atom is -0.313 e. The lowest BCUT2D eigenvalue weighted by Gasteiger charge is -2.08. The van der Waals surface area contributed by atoms with Gasteiger partial charge in [0.2, 0.25) is 5.16 Å². The summed E-state index contributed by atoms with van der Waals surface area (Å²) in [5, 5.41) is 24.3. The van der Waals surface area contributed by atoms with E-state index in [0.717, 1.165) is 36.8 Å². The van der Waals surface area contributed by atoms with E-state index in [-0.39, 0.29) is 0 Å². The molecule has 1 N–H and O–H groups in total. The summed E-state index contributed by atoms with van der Waals surface area (Å²) >= 11 is 1.65. The number of unbranched alkanes of at least 4 members (excludes halogenated alkanes) is 2. The van der Waals surface area contributed by atoms with Gasteiger partial charge < -0.3 is 5.32 Å². The van der Waals surface area contributed by atoms with Crippen molar-refractivity contribution in [1.29, 1.82) is 5.26 Å². The molecule has 0 aliphatic rings. The van der Waals surface area contributed by atoms with Crippen molar-refractivity contribution in [3.05, 3.63) is 0 Å². The molecule has 1 heterocycles. The molecule has 0 aliphatic carbocycles. The fourth-order valence-corrected chi connectivity index (χ4v) is 2.27. The second-order valence-corrected chi connectivity index (χ2v) is 5.32. The number of nitrogens with one attached hydrogen (secondary N) is 1. The first-order valence-electron chi connectivity index (χ1n) is 6.23. The van der Waals surface area contributed by atoms with Gasteiger partial charge in [-0.1, -0.05) is 25.6 Å². The summed E-state index contributed by atoms with van der Waals surface area (Å²) < 4.78 is 1.82. The quantitative estimate of drug-likeness (QED) is 0.539. The molecule has 0 bridgehead atoms. The van der Waals surface area contributed by atoms with Gasteiger partial charge in [-0.3, -0.25) is 0 Å². The maximum Gasteiger partial charge on any atom is 0.209 e. The van der Waals surface area contributed by atoms with Crippen molar-refractivity contribution in [3.8, 4) is 6.07 Å². The number of hydrogen-bond acceptors (Lipinski definition) is 6. The standard InChI is InChI=1S/C11H20N6S/c1-10(2)13-7-8-17-11(14-15-16-17)18-9-5-3-4-6-12/h10,13H,3-5,7-9H2,1-2H3. The van der Waals surface area contributed by atoms with Crippen LogP contribution in [-0.2, 0) is 6.54 Å². The van der Waals surface area contributed by atoms with Crippen molar-refractivity contribution in [2.45, 2.75) is 50.9 Å². The number of thioether (sulfide) groups is 1. The molecule has 0 aliphatic heterocycles. The van der Waals surface area contributed by atoms with Gasteiger partial charge in [-0.2, -0.15) is 5.26 Å². The van der Waals surface area contributed by atoms with Crippen LogP contribution in [-0.4, -0.2) is 38.5 Å². The second-order valence-electron chi connectivity index (χ2n) is 4.26. The monoisotopic (exact) mass is 268 g/mol. The lowest BCUT2D eigenvalue weighted by molar-refractivity contribution is 0.485. The van der Waals surface area contributed by atoms with Crippen molar-refractivity contribution >= 4 is 11.8 Å². The molecule has 18 heavy (non-hydrogen) atoms. The van der Waals surface area contributed by atoms with E-state index in [4.69, 9.17) is 5.26 Å². The van der Waals surface area contributed by atoms with Crippen molar-refractivity contribution in [2.75, 3.05) is 12.3 Å².